The Hall–Kier alpha value is -0.665. The fourth-order valence-corrected chi connectivity index (χ4v) is 0.712. The summed E-state index contributed by atoms with van der Waals surface area (Å²) in [5.74, 6) is 0. The molecule has 0 aliphatic heterocycles. The number of hydrogen-bond donors (Lipinski definition) is 0. The lowest BCUT2D eigenvalue weighted by molar-refractivity contribution is 0.340. The Bertz CT molecular complexity index is 177. The summed E-state index contributed by atoms with van der Waals surface area (Å²) in [5.41, 5.74) is -0.138. The van der Waals surface area contributed by atoms with Gasteiger partial charge in [-0.3, -0.25) is 0 Å². The predicted molar refractivity (Wildman–Crippen MR) is 46.8 cm³/mol. The van der Waals surface area contributed by atoms with Gasteiger partial charge in [0.15, 0.2) is 0 Å². The van der Waals surface area contributed by atoms with Crippen LogP contribution in [0.3, 0.4) is 0 Å². The van der Waals surface area contributed by atoms with Crippen molar-refractivity contribution in [3.8, 4) is 0 Å². The number of alkyl halides is 2. The third-order valence-electron chi connectivity index (χ3n) is 1.61. The van der Waals surface area contributed by atoms with E-state index < -0.39 is 19.9 Å². The summed E-state index contributed by atoms with van der Waals surface area (Å²) in [4.78, 5) is 0. The second-order valence-corrected chi connectivity index (χ2v) is 2.65. The molecule has 0 heterocycles. The van der Waals surface area contributed by atoms with E-state index in [1.165, 1.54) is 6.92 Å². The average molecular weight is 176 g/mol. The van der Waals surface area contributed by atoms with Crippen LogP contribution in [0.5, 0.6) is 0 Å². The summed E-state index contributed by atoms with van der Waals surface area (Å²) in [5, 5.41) is 0. The van der Waals surface area contributed by atoms with Crippen LogP contribution in [0.2, 0.25) is 6.32 Å². The monoisotopic (exact) mass is 176 g/mol. The fourth-order valence-electron chi connectivity index (χ4n) is 0.712. The van der Waals surface area contributed by atoms with Crippen LogP contribution in [0, 0.1) is 0 Å². The smallest absolute Gasteiger partial charge is 0.335 e. The van der Waals surface area contributed by atoms with E-state index >= 15 is 0 Å². The molecule has 0 radical (unpaired) electrons. The average Bonchev–Trinajstić information content (AvgIpc) is 2.02. The Morgan fingerprint density at radius 3 is 2.25 bits per heavy atom. The molecule has 0 aliphatic carbocycles. The molecule has 2 atom stereocenters. The standard InChI is InChI=1S/C8H12BF3/c1-5(4-9-12)8(11)6(2)7(3)10/h7-9H,1-2,4H2,3H3. The van der Waals surface area contributed by atoms with E-state index in [0.29, 0.717) is 0 Å². The van der Waals surface area contributed by atoms with Crippen molar-refractivity contribution in [3.05, 3.63) is 24.3 Å². The topological polar surface area (TPSA) is 0 Å². The van der Waals surface area contributed by atoms with Gasteiger partial charge in [-0.05, 0) is 24.4 Å². The van der Waals surface area contributed by atoms with Gasteiger partial charge in [0, 0.05) is 0 Å². The molecule has 0 aliphatic rings. The maximum atomic E-state index is 13.0. The van der Waals surface area contributed by atoms with E-state index in [2.05, 4.69) is 13.2 Å². The molecule has 4 heteroatoms. The van der Waals surface area contributed by atoms with Gasteiger partial charge >= 0.3 is 7.56 Å². The van der Waals surface area contributed by atoms with E-state index in [-0.39, 0.29) is 17.5 Å². The van der Waals surface area contributed by atoms with Crippen LogP contribution >= 0.6 is 0 Å². The van der Waals surface area contributed by atoms with Gasteiger partial charge in [0.05, 0.1) is 0 Å². The van der Waals surface area contributed by atoms with E-state index in [1.807, 2.05) is 0 Å². The maximum Gasteiger partial charge on any atom is 0.335 e. The molecule has 0 bridgehead atoms. The van der Waals surface area contributed by atoms with Crippen molar-refractivity contribution in [1.82, 2.24) is 0 Å². The van der Waals surface area contributed by atoms with Crippen molar-refractivity contribution in [1.29, 1.82) is 0 Å². The highest BCUT2D eigenvalue weighted by Crippen LogP contribution is 2.20. The highest BCUT2D eigenvalue weighted by molar-refractivity contribution is 6.27. The van der Waals surface area contributed by atoms with Crippen LogP contribution in [0.4, 0.5) is 13.1 Å². The van der Waals surface area contributed by atoms with Crippen LogP contribution in [0.1, 0.15) is 6.92 Å². The van der Waals surface area contributed by atoms with Gasteiger partial charge in [-0.2, -0.15) is 0 Å². The first-order chi connectivity index (χ1) is 5.50. The molecule has 0 aromatic carbocycles. The predicted octanol–water partition coefficient (Wildman–Crippen LogP) is 2.53. The summed E-state index contributed by atoms with van der Waals surface area (Å²) in [6, 6.07) is 0. The first-order valence-corrected chi connectivity index (χ1v) is 3.71. The Kier molecular flexibility index (Phi) is 4.78. The Labute approximate surface area is 71.4 Å². The Morgan fingerprint density at radius 1 is 1.42 bits per heavy atom. The minimum absolute atomic E-state index is 0.0481. The van der Waals surface area contributed by atoms with E-state index in [0.717, 1.165) is 0 Å². The van der Waals surface area contributed by atoms with Crippen molar-refractivity contribution >= 4 is 7.56 Å². The van der Waals surface area contributed by atoms with Crippen LogP contribution in [-0.4, -0.2) is 19.9 Å². The normalized spacial score (nSPS) is 15.0. The molecule has 0 saturated carbocycles. The molecule has 12 heavy (non-hydrogen) atoms. The molecule has 0 spiro atoms. The molecule has 0 aromatic heterocycles. The number of rotatable bonds is 5. The van der Waals surface area contributed by atoms with Crippen LogP contribution in [0.15, 0.2) is 24.3 Å². The molecule has 2 unspecified atom stereocenters. The molecule has 0 nitrogen and oxygen atoms in total. The summed E-state index contributed by atoms with van der Waals surface area (Å²) >= 11 is 0. The second-order valence-electron chi connectivity index (χ2n) is 2.65. The zero-order valence-corrected chi connectivity index (χ0v) is 7.12. The zero-order valence-electron chi connectivity index (χ0n) is 7.12. The minimum atomic E-state index is -1.62. The molecule has 0 N–H and O–H groups in total. The second kappa shape index (κ2) is 5.06. The van der Waals surface area contributed by atoms with E-state index in [4.69, 9.17) is 0 Å². The summed E-state index contributed by atoms with van der Waals surface area (Å²) in [6.45, 7) is 7.72. The summed E-state index contributed by atoms with van der Waals surface area (Å²) in [6.07, 6.45) is -3.12. The Balaban J connectivity index is 4.10. The number of hydrogen-bond acceptors (Lipinski definition) is 0. The van der Waals surface area contributed by atoms with Crippen molar-refractivity contribution < 1.29 is 13.1 Å². The number of allylic oxidation sites excluding steroid dienone is 2. The van der Waals surface area contributed by atoms with Gasteiger partial charge in [-0.15, -0.1) is 0 Å². The summed E-state index contributed by atoms with van der Waals surface area (Å²) < 4.78 is 37.2. The third-order valence-corrected chi connectivity index (χ3v) is 1.61. The first-order valence-electron chi connectivity index (χ1n) is 3.71. The van der Waals surface area contributed by atoms with E-state index in [1.54, 1.807) is 0 Å². The lowest BCUT2D eigenvalue weighted by atomic mass is 9.88. The van der Waals surface area contributed by atoms with Crippen LogP contribution in [-0.2, 0) is 0 Å². The molecular weight excluding hydrogens is 164 g/mol. The molecule has 68 valence electrons. The quantitative estimate of drug-likeness (QED) is 0.446. The van der Waals surface area contributed by atoms with Gasteiger partial charge in [0.25, 0.3) is 0 Å². The van der Waals surface area contributed by atoms with E-state index in [9.17, 15) is 13.1 Å². The van der Waals surface area contributed by atoms with Gasteiger partial charge in [-0.25, -0.2) is 8.78 Å². The molecular formula is C8H12BF3. The van der Waals surface area contributed by atoms with Crippen molar-refractivity contribution in [3.63, 3.8) is 0 Å². The molecule has 0 aromatic rings. The molecule has 0 fully saturated rings. The number of halogens is 3. The minimum Gasteiger partial charge on any atom is -0.341 e. The van der Waals surface area contributed by atoms with Gasteiger partial charge < -0.3 is 4.32 Å². The van der Waals surface area contributed by atoms with Gasteiger partial charge in [0.1, 0.15) is 12.3 Å². The molecule has 0 amide bonds. The molecule has 0 rings (SSSR count). The third kappa shape index (κ3) is 3.16. The lowest BCUT2D eigenvalue weighted by Crippen LogP contribution is -2.14. The summed E-state index contributed by atoms with van der Waals surface area (Å²) in [7, 11) is -0.673. The van der Waals surface area contributed by atoms with Crippen LogP contribution in [0.25, 0.3) is 0 Å². The van der Waals surface area contributed by atoms with Gasteiger partial charge in [-0.1, -0.05) is 13.2 Å². The fraction of sp³-hybridized carbons (Fsp3) is 0.500. The first kappa shape index (κ1) is 11.3. The van der Waals surface area contributed by atoms with Crippen LogP contribution < -0.4 is 0 Å². The van der Waals surface area contributed by atoms with Crippen molar-refractivity contribution in [2.45, 2.75) is 25.6 Å². The SMILES string of the molecule is C=C(CBF)C(F)C(=C)C(C)F. The lowest BCUT2D eigenvalue weighted by Gasteiger charge is -2.13. The largest absolute Gasteiger partial charge is 0.341 e. The Morgan fingerprint density at radius 2 is 1.92 bits per heavy atom. The van der Waals surface area contributed by atoms with Crippen molar-refractivity contribution in [2.24, 2.45) is 0 Å². The maximum absolute atomic E-state index is 13.0. The van der Waals surface area contributed by atoms with Crippen molar-refractivity contribution in [2.75, 3.05) is 0 Å². The zero-order chi connectivity index (χ0) is 9.72. The van der Waals surface area contributed by atoms with Gasteiger partial charge in [0.2, 0.25) is 0 Å². The molecule has 0 saturated heterocycles. The highest BCUT2D eigenvalue weighted by atomic mass is 19.1. The highest BCUT2D eigenvalue weighted by Gasteiger charge is 2.19.